The lowest BCUT2D eigenvalue weighted by molar-refractivity contribution is 0.534. The van der Waals surface area contributed by atoms with Crippen LogP contribution in [-0.2, 0) is 0 Å². The first-order chi connectivity index (χ1) is 5.21. The quantitative estimate of drug-likeness (QED) is 0.532. The molecular weight excluding hydrogens is 148 g/mol. The fraction of sp³-hybridized carbons (Fsp3) is 0.800. The van der Waals surface area contributed by atoms with E-state index in [1.165, 1.54) is 0 Å². The highest BCUT2D eigenvalue weighted by atomic mass is 15.1. The molecular formula is C10H20N2. The molecule has 0 N–H and O–H groups in total. The van der Waals surface area contributed by atoms with Crippen LogP contribution in [0.5, 0.6) is 0 Å². The number of hydrogen-bond acceptors (Lipinski definition) is 2. The van der Waals surface area contributed by atoms with Crippen LogP contribution in [0.2, 0.25) is 0 Å². The number of azo groups is 1. The van der Waals surface area contributed by atoms with E-state index in [2.05, 4.69) is 31.0 Å². The zero-order chi connectivity index (χ0) is 9.83. The van der Waals surface area contributed by atoms with E-state index in [1.807, 2.05) is 26.8 Å². The van der Waals surface area contributed by atoms with Crippen LogP contribution < -0.4 is 0 Å². The molecule has 0 saturated heterocycles. The second kappa shape index (κ2) is 3.83. The molecule has 0 saturated carbocycles. The van der Waals surface area contributed by atoms with Crippen molar-refractivity contribution in [2.24, 2.45) is 15.6 Å². The van der Waals surface area contributed by atoms with Crippen molar-refractivity contribution in [3.8, 4) is 0 Å². The SMILES string of the molecule is CC(C)(C)C=CN=NC(C)(C)C. The van der Waals surface area contributed by atoms with Crippen LogP contribution in [0, 0.1) is 5.41 Å². The molecule has 0 bridgehead atoms. The minimum Gasteiger partial charge on any atom is -0.183 e. The molecule has 0 unspecified atom stereocenters. The van der Waals surface area contributed by atoms with Crippen molar-refractivity contribution < 1.29 is 0 Å². The smallest absolute Gasteiger partial charge is 0.0736 e. The van der Waals surface area contributed by atoms with E-state index >= 15 is 0 Å². The average molecular weight is 168 g/mol. The fourth-order valence-electron chi connectivity index (χ4n) is 0.463. The van der Waals surface area contributed by atoms with E-state index in [9.17, 15) is 0 Å². The van der Waals surface area contributed by atoms with Gasteiger partial charge < -0.3 is 0 Å². The maximum Gasteiger partial charge on any atom is 0.0736 e. The largest absolute Gasteiger partial charge is 0.183 e. The van der Waals surface area contributed by atoms with Crippen LogP contribution in [0.25, 0.3) is 0 Å². The van der Waals surface area contributed by atoms with Gasteiger partial charge in [0.25, 0.3) is 0 Å². The summed E-state index contributed by atoms with van der Waals surface area (Å²) in [5.41, 5.74) is 0.124. The van der Waals surface area contributed by atoms with Crippen molar-refractivity contribution >= 4 is 0 Å². The molecule has 70 valence electrons. The predicted octanol–water partition coefficient (Wildman–Crippen LogP) is 3.80. The maximum absolute atomic E-state index is 4.10. The van der Waals surface area contributed by atoms with Crippen molar-refractivity contribution in [2.45, 2.75) is 47.1 Å². The van der Waals surface area contributed by atoms with Crippen LogP contribution in [0.4, 0.5) is 0 Å². The van der Waals surface area contributed by atoms with Crippen LogP contribution in [0.3, 0.4) is 0 Å². The Hall–Kier alpha value is -0.660. The first-order valence-electron chi connectivity index (χ1n) is 4.30. The Kier molecular flexibility index (Phi) is 3.62. The molecule has 0 aromatic heterocycles. The topological polar surface area (TPSA) is 24.7 Å². The Morgan fingerprint density at radius 3 is 1.75 bits per heavy atom. The third-order valence-electron chi connectivity index (χ3n) is 0.999. The molecule has 0 atom stereocenters. The first kappa shape index (κ1) is 11.3. The normalized spacial score (nSPS) is 14.8. The van der Waals surface area contributed by atoms with Gasteiger partial charge in [0, 0.05) is 6.20 Å². The molecule has 2 heteroatoms. The van der Waals surface area contributed by atoms with Gasteiger partial charge in [-0.2, -0.15) is 10.2 Å². The lowest BCUT2D eigenvalue weighted by Crippen LogP contribution is -2.07. The van der Waals surface area contributed by atoms with E-state index in [1.54, 1.807) is 6.20 Å². The fourth-order valence-corrected chi connectivity index (χ4v) is 0.463. The maximum atomic E-state index is 4.10. The molecule has 0 rings (SSSR count). The van der Waals surface area contributed by atoms with Crippen molar-refractivity contribution in [1.29, 1.82) is 0 Å². The van der Waals surface area contributed by atoms with Gasteiger partial charge in [-0.25, -0.2) is 0 Å². The molecule has 2 nitrogen and oxygen atoms in total. The number of hydrogen-bond donors (Lipinski definition) is 0. The van der Waals surface area contributed by atoms with Gasteiger partial charge in [0.2, 0.25) is 0 Å². The molecule has 0 aliphatic carbocycles. The first-order valence-corrected chi connectivity index (χ1v) is 4.30. The van der Waals surface area contributed by atoms with Gasteiger partial charge >= 0.3 is 0 Å². The van der Waals surface area contributed by atoms with Gasteiger partial charge in [0.15, 0.2) is 0 Å². The van der Waals surface area contributed by atoms with Gasteiger partial charge in [0.05, 0.1) is 5.54 Å². The molecule has 12 heavy (non-hydrogen) atoms. The Balaban J connectivity index is 4.00. The monoisotopic (exact) mass is 168 g/mol. The van der Waals surface area contributed by atoms with E-state index in [0.717, 1.165) is 0 Å². The summed E-state index contributed by atoms with van der Waals surface area (Å²) in [5, 5.41) is 8.07. The number of rotatable bonds is 1. The summed E-state index contributed by atoms with van der Waals surface area (Å²) in [6.45, 7) is 12.5. The molecule has 0 aromatic rings. The summed E-state index contributed by atoms with van der Waals surface area (Å²) in [5.74, 6) is 0. The summed E-state index contributed by atoms with van der Waals surface area (Å²) in [6, 6.07) is 0. The zero-order valence-corrected chi connectivity index (χ0v) is 9.05. The third-order valence-corrected chi connectivity index (χ3v) is 0.999. The summed E-state index contributed by atoms with van der Waals surface area (Å²) >= 11 is 0. The Morgan fingerprint density at radius 1 is 0.917 bits per heavy atom. The summed E-state index contributed by atoms with van der Waals surface area (Å²) in [4.78, 5) is 0. The molecule has 0 amide bonds. The predicted molar refractivity (Wildman–Crippen MR) is 53.2 cm³/mol. The highest BCUT2D eigenvalue weighted by Gasteiger charge is 2.06. The Bertz CT molecular complexity index is 155. The average Bonchev–Trinajstić information content (AvgIpc) is 1.76. The van der Waals surface area contributed by atoms with Gasteiger partial charge in [-0.15, -0.1) is 0 Å². The van der Waals surface area contributed by atoms with Crippen LogP contribution >= 0.6 is 0 Å². The van der Waals surface area contributed by atoms with E-state index in [-0.39, 0.29) is 11.0 Å². The molecule has 0 aliphatic heterocycles. The molecule has 0 fully saturated rings. The van der Waals surface area contributed by atoms with Gasteiger partial charge in [-0.05, 0) is 26.2 Å². The lowest BCUT2D eigenvalue weighted by atomic mass is 9.97. The summed E-state index contributed by atoms with van der Waals surface area (Å²) < 4.78 is 0. The van der Waals surface area contributed by atoms with Crippen molar-refractivity contribution in [3.05, 3.63) is 12.3 Å². The highest BCUT2D eigenvalue weighted by molar-refractivity contribution is 4.90. The minimum absolute atomic E-state index is 0.0672. The molecule has 0 aromatic carbocycles. The molecule has 0 heterocycles. The van der Waals surface area contributed by atoms with Gasteiger partial charge in [0.1, 0.15) is 0 Å². The van der Waals surface area contributed by atoms with Gasteiger partial charge in [-0.1, -0.05) is 26.8 Å². The van der Waals surface area contributed by atoms with Crippen LogP contribution in [0.1, 0.15) is 41.5 Å². The second-order valence-electron chi connectivity index (χ2n) is 5.07. The third kappa shape index (κ3) is 9.34. The zero-order valence-electron chi connectivity index (χ0n) is 9.05. The molecule has 0 spiro atoms. The van der Waals surface area contributed by atoms with Crippen LogP contribution in [-0.4, -0.2) is 5.54 Å². The number of nitrogens with zero attached hydrogens (tertiary/aromatic N) is 2. The summed E-state index contributed by atoms with van der Waals surface area (Å²) in [7, 11) is 0. The second-order valence-corrected chi connectivity index (χ2v) is 5.07. The Morgan fingerprint density at radius 2 is 1.42 bits per heavy atom. The molecule has 0 aliphatic rings. The lowest BCUT2D eigenvalue weighted by Gasteiger charge is -2.10. The minimum atomic E-state index is -0.0672. The van der Waals surface area contributed by atoms with Crippen LogP contribution in [0.15, 0.2) is 22.5 Å². The summed E-state index contributed by atoms with van der Waals surface area (Å²) in [6.07, 6.45) is 3.81. The number of allylic oxidation sites excluding steroid dienone is 1. The highest BCUT2D eigenvalue weighted by Crippen LogP contribution is 2.15. The van der Waals surface area contributed by atoms with Crippen molar-refractivity contribution in [2.75, 3.05) is 0 Å². The van der Waals surface area contributed by atoms with Crippen molar-refractivity contribution in [1.82, 2.24) is 0 Å². The van der Waals surface area contributed by atoms with E-state index in [0.29, 0.717) is 0 Å². The van der Waals surface area contributed by atoms with Crippen molar-refractivity contribution in [3.63, 3.8) is 0 Å². The standard InChI is InChI=1S/C10H20N2/c1-9(2,3)7-8-11-12-10(4,5)6/h7-8H,1-6H3. The Labute approximate surface area is 75.8 Å². The molecule has 0 radical (unpaired) electrons. The van der Waals surface area contributed by atoms with E-state index in [4.69, 9.17) is 0 Å². The van der Waals surface area contributed by atoms with E-state index < -0.39 is 0 Å². The van der Waals surface area contributed by atoms with Gasteiger partial charge in [-0.3, -0.25) is 0 Å².